The normalized spacial score (nSPS) is 20.3. The number of halogens is 3. The van der Waals surface area contributed by atoms with Crippen molar-refractivity contribution in [2.24, 2.45) is 0 Å². The molecule has 2 aromatic carbocycles. The summed E-state index contributed by atoms with van der Waals surface area (Å²) in [5.74, 6) is -0.143. The van der Waals surface area contributed by atoms with Crippen LogP contribution in [-0.4, -0.2) is 56.3 Å². The highest BCUT2D eigenvalue weighted by Crippen LogP contribution is 2.35. The Morgan fingerprint density at radius 2 is 1.67 bits per heavy atom. The summed E-state index contributed by atoms with van der Waals surface area (Å²) in [6.07, 6.45) is -1.90. The molecule has 0 bridgehead atoms. The lowest BCUT2D eigenvalue weighted by Crippen LogP contribution is -2.51. The minimum atomic E-state index is -4.76. The molecule has 1 saturated heterocycles. The first-order chi connectivity index (χ1) is 15.7. The molecule has 10 heteroatoms. The maximum absolute atomic E-state index is 13.3. The molecule has 1 amide bonds. The summed E-state index contributed by atoms with van der Waals surface area (Å²) in [6, 6.07) is 12.2. The Hall–Kier alpha value is -2.43. The van der Waals surface area contributed by atoms with Gasteiger partial charge in [0.25, 0.3) is 0 Å². The molecular weight excluding hydrogens is 455 g/mol. The third-order valence-electron chi connectivity index (χ3n) is 6.21. The summed E-state index contributed by atoms with van der Waals surface area (Å²) < 4.78 is 66.7. The lowest BCUT2D eigenvalue weighted by Gasteiger charge is -2.34. The van der Waals surface area contributed by atoms with Crippen LogP contribution >= 0.6 is 0 Å². The van der Waals surface area contributed by atoms with Crippen molar-refractivity contribution in [3.05, 3.63) is 65.2 Å². The van der Waals surface area contributed by atoms with Crippen molar-refractivity contribution in [2.75, 3.05) is 32.7 Å². The molecule has 0 saturated carbocycles. The Labute approximate surface area is 191 Å². The third kappa shape index (κ3) is 5.23. The number of carbonyl (C=O) groups excluding carboxylic acids is 1. The molecule has 33 heavy (non-hydrogen) atoms. The van der Waals surface area contributed by atoms with E-state index >= 15 is 0 Å². The maximum atomic E-state index is 13.3. The van der Waals surface area contributed by atoms with Crippen LogP contribution in [0, 0.1) is 0 Å². The highest BCUT2D eigenvalue weighted by Gasteiger charge is 2.39. The molecule has 178 valence electrons. The van der Waals surface area contributed by atoms with Gasteiger partial charge in [-0.25, -0.2) is 8.42 Å². The lowest BCUT2D eigenvalue weighted by molar-refractivity contribution is -0.140. The van der Waals surface area contributed by atoms with Crippen molar-refractivity contribution in [1.29, 1.82) is 0 Å². The summed E-state index contributed by atoms with van der Waals surface area (Å²) in [4.78, 5) is 13.7. The topological polar surface area (TPSA) is 69.7 Å². The van der Waals surface area contributed by atoms with Crippen LogP contribution in [0.25, 0.3) is 0 Å². The van der Waals surface area contributed by atoms with Crippen molar-refractivity contribution < 1.29 is 26.4 Å². The zero-order valence-electron chi connectivity index (χ0n) is 18.0. The van der Waals surface area contributed by atoms with Crippen molar-refractivity contribution in [1.82, 2.24) is 14.5 Å². The Kier molecular flexibility index (Phi) is 6.78. The number of nitrogens with one attached hydrogen (secondary N) is 1. The summed E-state index contributed by atoms with van der Waals surface area (Å²) in [6.45, 7) is 0.692. The number of carbonyl (C=O) groups is 1. The van der Waals surface area contributed by atoms with E-state index in [1.165, 1.54) is 17.7 Å². The fraction of sp³-hybridized carbons (Fsp3) is 0.435. The van der Waals surface area contributed by atoms with Crippen LogP contribution in [0.2, 0.25) is 0 Å². The van der Waals surface area contributed by atoms with E-state index in [4.69, 9.17) is 0 Å². The van der Waals surface area contributed by atoms with Gasteiger partial charge in [-0.3, -0.25) is 9.69 Å². The average Bonchev–Trinajstić information content (AvgIpc) is 2.79. The van der Waals surface area contributed by atoms with Gasteiger partial charge in [0, 0.05) is 26.2 Å². The smallest absolute Gasteiger partial charge is 0.348 e. The zero-order chi connectivity index (χ0) is 23.6. The number of amides is 1. The van der Waals surface area contributed by atoms with Crippen molar-refractivity contribution >= 4 is 15.9 Å². The van der Waals surface area contributed by atoms with E-state index in [1.807, 2.05) is 23.1 Å². The van der Waals surface area contributed by atoms with E-state index < -0.39 is 26.7 Å². The summed E-state index contributed by atoms with van der Waals surface area (Å²) in [5.41, 5.74) is 1.21. The Balaban J connectivity index is 1.36. The van der Waals surface area contributed by atoms with Crippen molar-refractivity contribution in [2.45, 2.75) is 36.4 Å². The molecule has 1 atom stereocenters. The molecule has 0 aromatic heterocycles. The number of hydrogen-bond acceptors (Lipinski definition) is 4. The van der Waals surface area contributed by atoms with Gasteiger partial charge in [0.05, 0.1) is 23.0 Å². The van der Waals surface area contributed by atoms with Crippen LogP contribution in [0.4, 0.5) is 13.2 Å². The highest BCUT2D eigenvalue weighted by molar-refractivity contribution is 7.89. The molecule has 1 fully saturated rings. The Bertz CT molecular complexity index is 1110. The van der Waals surface area contributed by atoms with Crippen molar-refractivity contribution in [3.8, 4) is 0 Å². The van der Waals surface area contributed by atoms with E-state index in [-0.39, 0.29) is 44.7 Å². The van der Waals surface area contributed by atoms with E-state index in [1.54, 1.807) is 0 Å². The number of sulfonamides is 1. The largest absolute Gasteiger partial charge is 0.417 e. The van der Waals surface area contributed by atoms with Crippen LogP contribution in [0.1, 0.15) is 35.6 Å². The van der Waals surface area contributed by atoms with Crippen LogP contribution < -0.4 is 5.32 Å². The molecule has 2 aliphatic rings. The lowest BCUT2D eigenvalue weighted by atomic mass is 9.88. The third-order valence-corrected chi connectivity index (χ3v) is 8.17. The summed E-state index contributed by atoms with van der Waals surface area (Å²) in [5, 5.41) is 3.08. The number of hydrogen-bond donors (Lipinski definition) is 1. The van der Waals surface area contributed by atoms with Gasteiger partial charge in [-0.15, -0.1) is 0 Å². The summed E-state index contributed by atoms with van der Waals surface area (Å²) in [7, 11) is -4.30. The van der Waals surface area contributed by atoms with Crippen LogP contribution in [0.5, 0.6) is 0 Å². The number of alkyl halides is 3. The van der Waals surface area contributed by atoms with E-state index in [2.05, 4.69) is 11.4 Å². The number of rotatable bonds is 5. The molecule has 1 aliphatic carbocycles. The average molecular weight is 482 g/mol. The Morgan fingerprint density at radius 3 is 2.39 bits per heavy atom. The van der Waals surface area contributed by atoms with E-state index in [9.17, 15) is 26.4 Å². The number of aryl methyl sites for hydroxylation is 1. The fourth-order valence-corrected chi connectivity index (χ4v) is 6.17. The second-order valence-electron chi connectivity index (χ2n) is 8.39. The molecule has 6 nitrogen and oxygen atoms in total. The minimum absolute atomic E-state index is 0.0219. The van der Waals surface area contributed by atoms with Gasteiger partial charge >= 0.3 is 6.18 Å². The molecule has 2 aromatic rings. The van der Waals surface area contributed by atoms with E-state index in [0.29, 0.717) is 0 Å². The predicted molar refractivity (Wildman–Crippen MR) is 117 cm³/mol. The van der Waals surface area contributed by atoms with Gasteiger partial charge in [0.15, 0.2) is 0 Å². The zero-order valence-corrected chi connectivity index (χ0v) is 18.8. The van der Waals surface area contributed by atoms with Gasteiger partial charge in [0.1, 0.15) is 0 Å². The summed E-state index contributed by atoms with van der Waals surface area (Å²) >= 11 is 0. The van der Waals surface area contributed by atoms with Crippen LogP contribution in [-0.2, 0) is 27.4 Å². The quantitative estimate of drug-likeness (QED) is 0.712. The highest BCUT2D eigenvalue weighted by atomic mass is 32.2. The Morgan fingerprint density at radius 1 is 1.00 bits per heavy atom. The maximum Gasteiger partial charge on any atom is 0.417 e. The second kappa shape index (κ2) is 9.44. The first kappa shape index (κ1) is 23.7. The number of fused-ring (bicyclic) bond motifs is 1. The van der Waals surface area contributed by atoms with Gasteiger partial charge in [-0.1, -0.05) is 36.4 Å². The number of benzene rings is 2. The molecule has 1 aliphatic heterocycles. The molecule has 0 radical (unpaired) electrons. The fourth-order valence-electron chi connectivity index (χ4n) is 4.54. The van der Waals surface area contributed by atoms with Gasteiger partial charge < -0.3 is 5.32 Å². The first-order valence-electron chi connectivity index (χ1n) is 10.9. The molecule has 1 N–H and O–H groups in total. The van der Waals surface area contributed by atoms with Crippen LogP contribution in [0.15, 0.2) is 53.4 Å². The first-order valence-corrected chi connectivity index (χ1v) is 12.4. The number of nitrogens with zero attached hydrogens (tertiary/aromatic N) is 2. The predicted octanol–water partition coefficient (Wildman–Crippen LogP) is 3.21. The van der Waals surface area contributed by atoms with Gasteiger partial charge in [0.2, 0.25) is 15.9 Å². The van der Waals surface area contributed by atoms with Gasteiger partial charge in [-0.2, -0.15) is 17.5 Å². The number of piperazine rings is 1. The molecule has 0 spiro atoms. The van der Waals surface area contributed by atoms with Crippen LogP contribution in [0.3, 0.4) is 0 Å². The molecule has 4 rings (SSSR count). The second-order valence-corrected chi connectivity index (χ2v) is 10.3. The van der Waals surface area contributed by atoms with Gasteiger partial charge in [-0.05, 0) is 42.5 Å². The molecule has 1 unspecified atom stereocenters. The van der Waals surface area contributed by atoms with E-state index in [0.717, 1.165) is 41.3 Å². The standard InChI is InChI=1S/C23H26F3N3O3S/c24-23(25,26)19-9-3-4-11-21(19)33(31,32)29-14-12-28(13-15-29)16-22(30)27-20-10-5-7-17-6-1-2-8-18(17)20/h1-4,6,8-9,11,20H,5,7,10,12-16H2,(H,27,30). The molecule has 1 heterocycles. The molecular formula is C23H26F3N3O3S. The monoisotopic (exact) mass is 481 g/mol. The van der Waals surface area contributed by atoms with Crippen molar-refractivity contribution in [3.63, 3.8) is 0 Å². The minimum Gasteiger partial charge on any atom is -0.348 e. The SMILES string of the molecule is O=C(CN1CCN(S(=O)(=O)c2ccccc2C(F)(F)F)CC1)NC1CCCc2ccccc21.